The van der Waals surface area contributed by atoms with E-state index in [9.17, 15) is 4.79 Å². The second-order valence-corrected chi connectivity index (χ2v) is 4.85. The summed E-state index contributed by atoms with van der Waals surface area (Å²) in [7, 11) is 0. The Balaban J connectivity index is 1.95. The average molecular weight is 290 g/mol. The zero-order valence-corrected chi connectivity index (χ0v) is 11.5. The Bertz CT molecular complexity index is 675. The second-order valence-electron chi connectivity index (χ2n) is 4.49. The number of aryl methyl sites for hydroxylation is 1. The molecule has 0 radical (unpaired) electrons. The fourth-order valence-corrected chi connectivity index (χ4v) is 2.47. The molecule has 0 bridgehead atoms. The van der Waals surface area contributed by atoms with Crippen LogP contribution in [-0.2, 0) is 0 Å². The number of hydrogen-bond acceptors (Lipinski definition) is 5. The molecule has 102 valence electrons. The van der Waals surface area contributed by atoms with Crippen molar-refractivity contribution in [3.8, 4) is 5.75 Å². The zero-order valence-electron chi connectivity index (χ0n) is 10.8. The van der Waals surface area contributed by atoms with E-state index in [-0.39, 0.29) is 16.8 Å². The van der Waals surface area contributed by atoms with Gasteiger partial charge in [0.05, 0.1) is 11.6 Å². The van der Waals surface area contributed by atoms with Gasteiger partial charge in [-0.3, -0.25) is 4.79 Å². The molecular formula is C14H12ClN3O2. The third kappa shape index (κ3) is 2.20. The van der Waals surface area contributed by atoms with Crippen LogP contribution < -0.4 is 10.1 Å². The van der Waals surface area contributed by atoms with Crippen LogP contribution in [0.5, 0.6) is 5.75 Å². The zero-order chi connectivity index (χ0) is 14.1. The van der Waals surface area contributed by atoms with Crippen molar-refractivity contribution in [2.75, 3.05) is 11.9 Å². The van der Waals surface area contributed by atoms with Gasteiger partial charge in [0.2, 0.25) is 0 Å². The normalized spacial score (nSPS) is 16.4. The van der Waals surface area contributed by atoms with Crippen LogP contribution in [0.4, 0.5) is 5.82 Å². The van der Waals surface area contributed by atoms with Gasteiger partial charge in [-0.2, -0.15) is 0 Å². The van der Waals surface area contributed by atoms with E-state index in [4.69, 9.17) is 16.3 Å². The van der Waals surface area contributed by atoms with Crippen LogP contribution in [-0.4, -0.2) is 22.9 Å². The molecule has 1 atom stereocenters. The van der Waals surface area contributed by atoms with Crippen molar-refractivity contribution in [3.05, 3.63) is 46.4 Å². The molecule has 1 unspecified atom stereocenters. The summed E-state index contributed by atoms with van der Waals surface area (Å²) in [6.45, 7) is 2.21. The summed E-state index contributed by atoms with van der Waals surface area (Å²) in [6, 6.07) is 7.70. The second kappa shape index (κ2) is 5.09. The lowest BCUT2D eigenvalue weighted by Crippen LogP contribution is -2.15. The van der Waals surface area contributed by atoms with Crippen LogP contribution >= 0.6 is 11.6 Å². The first-order valence-electron chi connectivity index (χ1n) is 6.16. The van der Waals surface area contributed by atoms with Crippen LogP contribution in [0, 0.1) is 6.92 Å². The number of fused-ring (bicyclic) bond motifs is 1. The van der Waals surface area contributed by atoms with Crippen LogP contribution in [0.3, 0.4) is 0 Å². The third-order valence-corrected chi connectivity index (χ3v) is 3.43. The van der Waals surface area contributed by atoms with Gasteiger partial charge in [-0.05, 0) is 13.0 Å². The molecule has 1 aromatic heterocycles. The topological polar surface area (TPSA) is 64.1 Å². The van der Waals surface area contributed by atoms with Gasteiger partial charge in [0.15, 0.2) is 6.29 Å². The van der Waals surface area contributed by atoms with E-state index in [0.29, 0.717) is 24.5 Å². The quantitative estimate of drug-likeness (QED) is 0.695. The lowest BCUT2D eigenvalue weighted by molar-refractivity contribution is 0.112. The van der Waals surface area contributed by atoms with Crippen molar-refractivity contribution in [2.45, 2.75) is 13.0 Å². The van der Waals surface area contributed by atoms with E-state index in [2.05, 4.69) is 15.3 Å². The SMILES string of the molecule is Cc1nc(Cl)c(C=O)c(NC2COc3ccccc32)n1. The van der Waals surface area contributed by atoms with E-state index in [1.807, 2.05) is 24.3 Å². The summed E-state index contributed by atoms with van der Waals surface area (Å²) in [4.78, 5) is 19.4. The first-order valence-corrected chi connectivity index (χ1v) is 6.54. The molecule has 0 fully saturated rings. The summed E-state index contributed by atoms with van der Waals surface area (Å²) in [6.07, 6.45) is 0.659. The summed E-state index contributed by atoms with van der Waals surface area (Å²) < 4.78 is 5.59. The summed E-state index contributed by atoms with van der Waals surface area (Å²) in [5, 5.41) is 3.36. The molecule has 1 aliphatic heterocycles. The minimum atomic E-state index is -0.0599. The van der Waals surface area contributed by atoms with Crippen LogP contribution in [0.1, 0.15) is 27.8 Å². The number of hydrogen-bond donors (Lipinski definition) is 1. The number of ether oxygens (including phenoxy) is 1. The monoisotopic (exact) mass is 289 g/mol. The molecule has 1 N–H and O–H groups in total. The molecule has 1 aliphatic rings. The average Bonchev–Trinajstić information content (AvgIpc) is 2.82. The maximum absolute atomic E-state index is 11.1. The van der Waals surface area contributed by atoms with Gasteiger partial charge in [-0.25, -0.2) is 9.97 Å². The Morgan fingerprint density at radius 3 is 3.00 bits per heavy atom. The molecule has 0 amide bonds. The highest BCUT2D eigenvalue weighted by Crippen LogP contribution is 2.34. The number of nitrogens with zero attached hydrogens (tertiary/aromatic N) is 2. The maximum Gasteiger partial charge on any atom is 0.156 e. The first-order chi connectivity index (χ1) is 9.69. The highest BCUT2D eigenvalue weighted by molar-refractivity contribution is 6.32. The molecule has 6 heteroatoms. The van der Waals surface area contributed by atoms with Crippen molar-refractivity contribution in [2.24, 2.45) is 0 Å². The number of carbonyl (C=O) groups is 1. The van der Waals surface area contributed by atoms with Gasteiger partial charge in [0.25, 0.3) is 0 Å². The minimum Gasteiger partial charge on any atom is -0.491 e. The Kier molecular flexibility index (Phi) is 3.28. The highest BCUT2D eigenvalue weighted by atomic mass is 35.5. The van der Waals surface area contributed by atoms with Gasteiger partial charge in [0.1, 0.15) is 29.2 Å². The van der Waals surface area contributed by atoms with E-state index < -0.39 is 0 Å². The van der Waals surface area contributed by atoms with Gasteiger partial charge < -0.3 is 10.1 Å². The molecule has 1 aromatic carbocycles. The molecule has 5 nitrogen and oxygen atoms in total. The van der Waals surface area contributed by atoms with Crippen LogP contribution in [0.15, 0.2) is 24.3 Å². The van der Waals surface area contributed by atoms with Crippen molar-refractivity contribution in [1.29, 1.82) is 0 Å². The fourth-order valence-electron chi connectivity index (χ4n) is 2.21. The van der Waals surface area contributed by atoms with Crippen molar-refractivity contribution in [1.82, 2.24) is 9.97 Å². The predicted octanol–water partition coefficient (Wildman–Crippen LogP) is 2.80. The minimum absolute atomic E-state index is 0.0599. The number of anilines is 1. The Morgan fingerprint density at radius 2 is 2.20 bits per heavy atom. The Morgan fingerprint density at radius 1 is 1.40 bits per heavy atom. The largest absolute Gasteiger partial charge is 0.491 e. The van der Waals surface area contributed by atoms with E-state index in [0.717, 1.165) is 11.3 Å². The van der Waals surface area contributed by atoms with E-state index in [1.165, 1.54) is 0 Å². The lowest BCUT2D eigenvalue weighted by Gasteiger charge is -2.14. The molecule has 0 spiro atoms. The van der Waals surface area contributed by atoms with E-state index >= 15 is 0 Å². The molecule has 20 heavy (non-hydrogen) atoms. The van der Waals surface area contributed by atoms with Crippen molar-refractivity contribution in [3.63, 3.8) is 0 Å². The Labute approximate surface area is 121 Å². The predicted molar refractivity (Wildman–Crippen MR) is 75.5 cm³/mol. The number of aromatic nitrogens is 2. The van der Waals surface area contributed by atoms with Gasteiger partial charge in [0, 0.05) is 5.56 Å². The standard InChI is InChI=1S/C14H12ClN3O2/c1-8-16-13(15)10(6-19)14(17-8)18-11-7-20-12-5-3-2-4-9(11)12/h2-6,11H,7H2,1H3,(H,16,17,18). The van der Waals surface area contributed by atoms with Gasteiger partial charge in [-0.15, -0.1) is 0 Å². The summed E-state index contributed by atoms with van der Waals surface area (Å²) >= 11 is 5.97. The molecule has 2 aromatic rings. The summed E-state index contributed by atoms with van der Waals surface area (Å²) in [5.41, 5.74) is 1.30. The number of carbonyl (C=O) groups excluding carboxylic acids is 1. The number of halogens is 1. The molecule has 0 saturated heterocycles. The molecular weight excluding hydrogens is 278 g/mol. The van der Waals surface area contributed by atoms with Crippen LogP contribution in [0.2, 0.25) is 5.15 Å². The highest BCUT2D eigenvalue weighted by Gasteiger charge is 2.25. The first kappa shape index (κ1) is 12.9. The van der Waals surface area contributed by atoms with Gasteiger partial charge >= 0.3 is 0 Å². The van der Waals surface area contributed by atoms with Crippen molar-refractivity contribution < 1.29 is 9.53 Å². The third-order valence-electron chi connectivity index (χ3n) is 3.14. The fraction of sp³-hybridized carbons (Fsp3) is 0.214. The molecule has 3 rings (SSSR count). The number of nitrogens with one attached hydrogen (secondary N) is 1. The molecule has 0 saturated carbocycles. The van der Waals surface area contributed by atoms with Gasteiger partial charge in [-0.1, -0.05) is 29.8 Å². The maximum atomic E-state index is 11.1. The number of aldehydes is 1. The number of rotatable bonds is 3. The van der Waals surface area contributed by atoms with Crippen molar-refractivity contribution >= 4 is 23.7 Å². The molecule has 0 aliphatic carbocycles. The lowest BCUT2D eigenvalue weighted by atomic mass is 10.1. The molecule has 2 heterocycles. The Hall–Kier alpha value is -2.14. The van der Waals surface area contributed by atoms with Crippen LogP contribution in [0.25, 0.3) is 0 Å². The smallest absolute Gasteiger partial charge is 0.156 e. The van der Waals surface area contributed by atoms with E-state index in [1.54, 1.807) is 6.92 Å². The number of benzene rings is 1. The number of para-hydroxylation sites is 1. The summed E-state index contributed by atoms with van der Waals surface area (Å²) in [5.74, 6) is 1.78.